The van der Waals surface area contributed by atoms with Crippen LogP contribution < -0.4 is 10.1 Å². The van der Waals surface area contributed by atoms with E-state index in [9.17, 15) is 4.79 Å². The first kappa shape index (κ1) is 12.5. The van der Waals surface area contributed by atoms with E-state index in [-0.39, 0.29) is 11.6 Å². The molecule has 0 spiro atoms. The number of benzene rings is 1. The Bertz CT molecular complexity index is 651. The zero-order chi connectivity index (χ0) is 14.1. The van der Waals surface area contributed by atoms with E-state index < -0.39 is 5.97 Å². The largest absolute Gasteiger partial charge is 0.496 e. The molecule has 0 radical (unpaired) electrons. The Morgan fingerprint density at radius 1 is 1.50 bits per heavy atom. The summed E-state index contributed by atoms with van der Waals surface area (Å²) in [6.07, 6.45) is 2.21. The van der Waals surface area contributed by atoms with Crippen LogP contribution in [-0.4, -0.2) is 34.5 Å². The average Bonchev–Trinajstić information content (AvgIpc) is 2.91. The summed E-state index contributed by atoms with van der Waals surface area (Å²) >= 11 is 0. The quantitative estimate of drug-likeness (QED) is 0.894. The monoisotopic (exact) mass is 273 g/mol. The number of anilines is 1. The number of aromatic carboxylic acids is 1. The molecule has 3 rings (SSSR count). The molecular formula is C14H15N3O3. The highest BCUT2D eigenvalue weighted by molar-refractivity contribution is 5.93. The molecule has 1 aromatic heterocycles. The molecule has 1 aromatic carbocycles. The van der Waals surface area contributed by atoms with Gasteiger partial charge in [0.05, 0.1) is 19.3 Å². The van der Waals surface area contributed by atoms with Crippen molar-refractivity contribution in [2.45, 2.75) is 12.5 Å². The lowest BCUT2D eigenvalue weighted by Crippen LogP contribution is -2.25. The van der Waals surface area contributed by atoms with Crippen molar-refractivity contribution in [2.75, 3.05) is 19.0 Å². The Kier molecular flexibility index (Phi) is 3.06. The summed E-state index contributed by atoms with van der Waals surface area (Å²) in [7, 11) is 1.63. The molecule has 6 nitrogen and oxygen atoms in total. The second-order valence-corrected chi connectivity index (χ2v) is 4.63. The maximum absolute atomic E-state index is 11.2. The van der Waals surface area contributed by atoms with Crippen LogP contribution in [0.2, 0.25) is 0 Å². The normalized spacial score (nSPS) is 17.1. The highest BCUT2D eigenvalue weighted by Gasteiger charge is 2.28. The Morgan fingerprint density at radius 3 is 3.05 bits per heavy atom. The van der Waals surface area contributed by atoms with Gasteiger partial charge in [-0.3, -0.25) is 0 Å². The zero-order valence-corrected chi connectivity index (χ0v) is 11.0. The van der Waals surface area contributed by atoms with Crippen LogP contribution in [0.5, 0.6) is 5.75 Å². The molecule has 0 bridgehead atoms. The molecule has 1 aliphatic rings. The number of aromatic nitrogens is 2. The molecule has 1 atom stereocenters. The molecular weight excluding hydrogens is 258 g/mol. The molecule has 104 valence electrons. The maximum Gasteiger partial charge on any atom is 0.341 e. The fraction of sp³-hybridized carbons (Fsp3) is 0.286. The van der Waals surface area contributed by atoms with Crippen molar-refractivity contribution in [3.8, 4) is 5.75 Å². The number of carboxylic acids is 1. The number of nitrogens with one attached hydrogen (secondary N) is 1. The smallest absolute Gasteiger partial charge is 0.341 e. The fourth-order valence-electron chi connectivity index (χ4n) is 2.61. The van der Waals surface area contributed by atoms with E-state index in [4.69, 9.17) is 9.84 Å². The number of rotatable bonds is 3. The minimum Gasteiger partial charge on any atom is -0.496 e. The van der Waals surface area contributed by atoms with Crippen molar-refractivity contribution in [3.63, 3.8) is 0 Å². The first-order valence-electron chi connectivity index (χ1n) is 6.40. The standard InChI is InChI=1S/C14H15N3O3/c1-20-12-5-3-2-4-9(12)11-6-7-15-13-10(14(18)19)8-16-17(11)13/h2-5,8,11,15H,6-7H2,1H3,(H,18,19). The van der Waals surface area contributed by atoms with E-state index in [0.29, 0.717) is 12.4 Å². The lowest BCUT2D eigenvalue weighted by atomic mass is 10.0. The summed E-state index contributed by atoms with van der Waals surface area (Å²) in [5, 5.41) is 16.5. The van der Waals surface area contributed by atoms with Gasteiger partial charge in [-0.15, -0.1) is 0 Å². The van der Waals surface area contributed by atoms with E-state index >= 15 is 0 Å². The third-order valence-corrected chi connectivity index (χ3v) is 3.53. The van der Waals surface area contributed by atoms with Crippen molar-refractivity contribution in [3.05, 3.63) is 41.6 Å². The Hall–Kier alpha value is -2.50. The highest BCUT2D eigenvalue weighted by atomic mass is 16.5. The Morgan fingerprint density at radius 2 is 2.30 bits per heavy atom. The summed E-state index contributed by atoms with van der Waals surface area (Å²) in [4.78, 5) is 11.2. The first-order chi connectivity index (χ1) is 9.72. The second kappa shape index (κ2) is 4.88. The molecule has 0 saturated heterocycles. The van der Waals surface area contributed by atoms with Crippen LogP contribution in [0.15, 0.2) is 30.5 Å². The number of methoxy groups -OCH3 is 1. The molecule has 0 aliphatic carbocycles. The molecule has 1 unspecified atom stereocenters. The summed E-state index contributed by atoms with van der Waals surface area (Å²) in [6.45, 7) is 0.703. The minimum atomic E-state index is -0.973. The van der Waals surface area contributed by atoms with Crippen molar-refractivity contribution < 1.29 is 14.6 Å². The Balaban J connectivity index is 2.08. The van der Waals surface area contributed by atoms with Gasteiger partial charge in [0.25, 0.3) is 0 Å². The summed E-state index contributed by atoms with van der Waals surface area (Å²) in [6, 6.07) is 7.73. The number of para-hydroxylation sites is 1. The van der Waals surface area contributed by atoms with Crippen LogP contribution in [0.1, 0.15) is 28.4 Å². The van der Waals surface area contributed by atoms with Crippen molar-refractivity contribution >= 4 is 11.8 Å². The van der Waals surface area contributed by atoms with Gasteiger partial charge in [-0.25, -0.2) is 9.48 Å². The van der Waals surface area contributed by atoms with Gasteiger partial charge in [0.2, 0.25) is 0 Å². The SMILES string of the molecule is COc1ccccc1C1CCNc2c(C(=O)O)cnn21. The van der Waals surface area contributed by atoms with Crippen LogP contribution in [0.25, 0.3) is 0 Å². The predicted molar refractivity (Wildman–Crippen MR) is 73.4 cm³/mol. The van der Waals surface area contributed by atoms with Crippen molar-refractivity contribution in [2.24, 2.45) is 0 Å². The van der Waals surface area contributed by atoms with Crippen LogP contribution in [0, 0.1) is 0 Å². The molecule has 2 N–H and O–H groups in total. The lowest BCUT2D eigenvalue weighted by Gasteiger charge is -2.27. The van der Waals surface area contributed by atoms with Gasteiger partial charge in [0.1, 0.15) is 17.1 Å². The molecule has 6 heteroatoms. The van der Waals surface area contributed by atoms with Gasteiger partial charge in [-0.05, 0) is 12.5 Å². The van der Waals surface area contributed by atoms with Crippen LogP contribution in [-0.2, 0) is 0 Å². The average molecular weight is 273 g/mol. The van der Waals surface area contributed by atoms with E-state index in [1.54, 1.807) is 11.8 Å². The molecule has 0 saturated carbocycles. The molecule has 0 amide bonds. The van der Waals surface area contributed by atoms with Gasteiger partial charge >= 0.3 is 5.97 Å². The number of hydrogen-bond donors (Lipinski definition) is 2. The van der Waals surface area contributed by atoms with Gasteiger partial charge < -0.3 is 15.2 Å². The van der Waals surface area contributed by atoms with E-state index in [2.05, 4.69) is 10.4 Å². The van der Waals surface area contributed by atoms with Crippen molar-refractivity contribution in [1.82, 2.24) is 9.78 Å². The van der Waals surface area contributed by atoms with Gasteiger partial charge in [0.15, 0.2) is 0 Å². The van der Waals surface area contributed by atoms with Crippen LogP contribution >= 0.6 is 0 Å². The third-order valence-electron chi connectivity index (χ3n) is 3.53. The number of fused-ring (bicyclic) bond motifs is 1. The highest BCUT2D eigenvalue weighted by Crippen LogP contribution is 2.35. The van der Waals surface area contributed by atoms with E-state index in [1.165, 1.54) is 6.20 Å². The van der Waals surface area contributed by atoms with Crippen molar-refractivity contribution in [1.29, 1.82) is 0 Å². The van der Waals surface area contributed by atoms with E-state index in [1.807, 2.05) is 24.3 Å². The maximum atomic E-state index is 11.2. The van der Waals surface area contributed by atoms with Gasteiger partial charge in [-0.1, -0.05) is 18.2 Å². The topological polar surface area (TPSA) is 76.4 Å². The molecule has 0 fully saturated rings. The summed E-state index contributed by atoms with van der Waals surface area (Å²) in [5.74, 6) is 0.372. The summed E-state index contributed by atoms with van der Waals surface area (Å²) in [5.41, 5.74) is 1.21. The summed E-state index contributed by atoms with van der Waals surface area (Å²) < 4.78 is 7.12. The number of hydrogen-bond acceptors (Lipinski definition) is 4. The fourth-order valence-corrected chi connectivity index (χ4v) is 2.61. The minimum absolute atomic E-state index is 0.0181. The predicted octanol–water partition coefficient (Wildman–Crippen LogP) is 1.99. The number of nitrogens with zero attached hydrogens (tertiary/aromatic N) is 2. The molecule has 20 heavy (non-hydrogen) atoms. The van der Waals surface area contributed by atoms with Gasteiger partial charge in [0, 0.05) is 12.1 Å². The molecule has 2 heterocycles. The third kappa shape index (κ3) is 1.89. The lowest BCUT2D eigenvalue weighted by molar-refractivity contribution is 0.0697. The number of ether oxygens (including phenoxy) is 1. The van der Waals surface area contributed by atoms with Crippen LogP contribution in [0.3, 0.4) is 0 Å². The second-order valence-electron chi connectivity index (χ2n) is 4.63. The van der Waals surface area contributed by atoms with Gasteiger partial charge in [-0.2, -0.15) is 5.10 Å². The molecule has 2 aromatic rings. The zero-order valence-electron chi connectivity index (χ0n) is 11.0. The number of carbonyl (C=O) groups is 1. The Labute approximate surface area is 116 Å². The van der Waals surface area contributed by atoms with Crippen LogP contribution in [0.4, 0.5) is 5.82 Å². The van der Waals surface area contributed by atoms with E-state index in [0.717, 1.165) is 17.7 Å². The number of carboxylic acid groups (broad SMARTS) is 1. The first-order valence-corrected chi connectivity index (χ1v) is 6.40. The molecule has 1 aliphatic heterocycles.